The average Bonchev–Trinajstić information content (AvgIpc) is 3.87. The molecular formula is C45H56O12. The van der Waals surface area contributed by atoms with Crippen molar-refractivity contribution in [3.05, 3.63) is 95.6 Å². The summed E-state index contributed by atoms with van der Waals surface area (Å²) in [5.41, 5.74) is 1.02. The maximum absolute atomic E-state index is 13.3. The third kappa shape index (κ3) is 14.6. The molecule has 1 saturated carbocycles. The van der Waals surface area contributed by atoms with Gasteiger partial charge in [-0.3, -0.25) is 4.79 Å². The lowest BCUT2D eigenvalue weighted by molar-refractivity contribution is -0.150. The lowest BCUT2D eigenvalue weighted by atomic mass is 9.94. The van der Waals surface area contributed by atoms with Gasteiger partial charge in [0.2, 0.25) is 0 Å². The van der Waals surface area contributed by atoms with Crippen LogP contribution < -0.4 is 18.9 Å². The van der Waals surface area contributed by atoms with E-state index in [1.807, 2.05) is 13.8 Å². The van der Waals surface area contributed by atoms with Crippen molar-refractivity contribution in [1.82, 2.24) is 0 Å². The van der Waals surface area contributed by atoms with Gasteiger partial charge >= 0.3 is 17.9 Å². The van der Waals surface area contributed by atoms with Crippen LogP contribution in [-0.2, 0) is 35.1 Å². The highest BCUT2D eigenvalue weighted by Crippen LogP contribution is 2.44. The molecule has 0 amide bonds. The Kier molecular flexibility index (Phi) is 18.4. The second kappa shape index (κ2) is 24.1. The zero-order valence-electron chi connectivity index (χ0n) is 33.2. The molecule has 2 aliphatic rings. The third-order valence-electron chi connectivity index (χ3n) is 9.63. The van der Waals surface area contributed by atoms with E-state index in [0.29, 0.717) is 100 Å². The van der Waals surface area contributed by atoms with E-state index < -0.39 is 11.9 Å². The van der Waals surface area contributed by atoms with Crippen LogP contribution in [0.3, 0.4) is 0 Å². The molecule has 0 aromatic heterocycles. The number of hydrogen-bond acceptors (Lipinski definition) is 12. The zero-order valence-corrected chi connectivity index (χ0v) is 33.2. The fourth-order valence-electron chi connectivity index (χ4n) is 6.56. The van der Waals surface area contributed by atoms with Crippen LogP contribution in [-0.4, -0.2) is 84.0 Å². The van der Waals surface area contributed by atoms with Crippen LogP contribution in [0, 0.1) is 17.8 Å². The molecule has 0 radical (unpaired) electrons. The van der Waals surface area contributed by atoms with Crippen molar-refractivity contribution in [2.24, 2.45) is 17.8 Å². The first-order valence-electron chi connectivity index (χ1n) is 20.1. The first-order valence-corrected chi connectivity index (χ1v) is 20.1. The number of hydrogen-bond donors (Lipinski definition) is 0. The molecule has 0 heterocycles. The van der Waals surface area contributed by atoms with Gasteiger partial charge in [0, 0.05) is 32.0 Å². The summed E-state index contributed by atoms with van der Waals surface area (Å²) < 4.78 is 50.5. The highest BCUT2D eigenvalue weighted by atomic mass is 16.6. The van der Waals surface area contributed by atoms with Gasteiger partial charge in [-0.1, -0.05) is 12.2 Å². The van der Waals surface area contributed by atoms with Gasteiger partial charge in [0.05, 0.1) is 56.7 Å². The van der Waals surface area contributed by atoms with Gasteiger partial charge in [0.15, 0.2) is 0 Å². The summed E-state index contributed by atoms with van der Waals surface area (Å²) in [5, 5.41) is 0. The van der Waals surface area contributed by atoms with Crippen LogP contribution in [0.5, 0.6) is 23.0 Å². The summed E-state index contributed by atoms with van der Waals surface area (Å²) in [7, 11) is 0. The van der Waals surface area contributed by atoms with Crippen molar-refractivity contribution in [2.75, 3.05) is 66.1 Å². The van der Waals surface area contributed by atoms with E-state index in [-0.39, 0.29) is 35.9 Å². The number of fused-ring (bicyclic) bond motifs is 2. The van der Waals surface area contributed by atoms with Gasteiger partial charge in [0.25, 0.3) is 0 Å². The van der Waals surface area contributed by atoms with E-state index >= 15 is 0 Å². The molecule has 3 aromatic rings. The number of unbranched alkanes of at least 4 members (excludes halogenated alkanes) is 2. The first kappa shape index (κ1) is 43.4. The van der Waals surface area contributed by atoms with Crippen molar-refractivity contribution in [2.45, 2.75) is 59.0 Å². The molecule has 0 aliphatic heterocycles. The molecule has 0 saturated heterocycles. The molecule has 57 heavy (non-hydrogen) atoms. The number of ether oxygens (including phenoxy) is 9. The van der Waals surface area contributed by atoms with Gasteiger partial charge < -0.3 is 42.6 Å². The number of esters is 3. The Morgan fingerprint density at radius 1 is 0.561 bits per heavy atom. The second-order valence-electron chi connectivity index (χ2n) is 13.8. The van der Waals surface area contributed by atoms with Gasteiger partial charge in [-0.15, -0.1) is 0 Å². The van der Waals surface area contributed by atoms with Crippen LogP contribution in [0.1, 0.15) is 78.7 Å². The molecule has 1 fully saturated rings. The molecule has 5 rings (SSSR count). The minimum atomic E-state index is -0.602. The van der Waals surface area contributed by atoms with E-state index in [0.717, 1.165) is 38.5 Å². The molecule has 308 valence electrons. The number of carbonyl (C=O) groups is 3. The van der Waals surface area contributed by atoms with E-state index in [9.17, 15) is 14.4 Å². The first-order chi connectivity index (χ1) is 27.9. The van der Waals surface area contributed by atoms with Crippen molar-refractivity contribution in [3.63, 3.8) is 0 Å². The van der Waals surface area contributed by atoms with Crippen LogP contribution in [0.25, 0.3) is 0 Å². The van der Waals surface area contributed by atoms with Crippen molar-refractivity contribution < 1.29 is 57.0 Å². The van der Waals surface area contributed by atoms with Crippen molar-refractivity contribution in [3.8, 4) is 23.0 Å². The minimum absolute atomic E-state index is 0.166. The maximum Gasteiger partial charge on any atom is 0.343 e. The topological polar surface area (TPSA) is 134 Å². The SMILES string of the molecule is CCOCCOCCCCOc1ccc(C(=O)Oc2ccc(OC(=O)c3ccc(OCCCCOCCOCC)cc3)c(COC(=O)C3CC4C=CC3C4)c2)cc1. The summed E-state index contributed by atoms with van der Waals surface area (Å²) in [5.74, 6) is 0.545. The molecular weight excluding hydrogens is 732 g/mol. The number of rotatable bonds is 27. The molecule has 2 aliphatic carbocycles. The Morgan fingerprint density at radius 3 is 1.61 bits per heavy atom. The Hall–Kier alpha value is -4.75. The van der Waals surface area contributed by atoms with Gasteiger partial charge in [0.1, 0.15) is 29.6 Å². The quantitative estimate of drug-likeness (QED) is 0.0323. The summed E-state index contributed by atoms with van der Waals surface area (Å²) >= 11 is 0. The molecule has 3 aromatic carbocycles. The molecule has 12 heteroatoms. The Bertz CT molecular complexity index is 1700. The van der Waals surface area contributed by atoms with Crippen molar-refractivity contribution in [1.29, 1.82) is 0 Å². The Morgan fingerprint density at radius 2 is 1.09 bits per heavy atom. The van der Waals surface area contributed by atoms with Crippen LogP contribution >= 0.6 is 0 Å². The predicted molar refractivity (Wildman–Crippen MR) is 212 cm³/mol. The van der Waals surface area contributed by atoms with Gasteiger partial charge in [-0.25, -0.2) is 9.59 Å². The lowest BCUT2D eigenvalue weighted by Crippen LogP contribution is -2.21. The van der Waals surface area contributed by atoms with Gasteiger partial charge in [-0.05, 0) is 131 Å². The van der Waals surface area contributed by atoms with Crippen LogP contribution in [0.2, 0.25) is 0 Å². The fraction of sp³-hybridized carbons (Fsp3) is 0.489. The summed E-state index contributed by atoms with van der Waals surface area (Å²) in [6.45, 7) is 9.78. The Labute approximate surface area is 335 Å². The van der Waals surface area contributed by atoms with E-state index in [1.54, 1.807) is 54.6 Å². The predicted octanol–water partition coefficient (Wildman–Crippen LogP) is 7.80. The normalized spacial score (nSPS) is 16.7. The molecule has 0 N–H and O–H groups in total. The summed E-state index contributed by atoms with van der Waals surface area (Å²) in [6.07, 6.45) is 9.36. The number of carbonyl (C=O) groups excluding carboxylic acids is 3. The smallest absolute Gasteiger partial charge is 0.343 e. The summed E-state index contributed by atoms with van der Waals surface area (Å²) in [6, 6.07) is 18.0. The number of allylic oxidation sites excluding steroid dienone is 2. The maximum atomic E-state index is 13.3. The highest BCUT2D eigenvalue weighted by Gasteiger charge is 2.40. The van der Waals surface area contributed by atoms with Crippen LogP contribution in [0.4, 0.5) is 0 Å². The third-order valence-corrected chi connectivity index (χ3v) is 9.63. The monoisotopic (exact) mass is 788 g/mol. The average molecular weight is 789 g/mol. The standard InChI is InChI=1S/C45H56O12/c1-3-49-25-27-51-21-5-7-23-53-38-15-11-34(12-16-38)43(46)56-40-19-20-42(37(31-40)32-55-45(48)41-30-33-9-10-36(41)29-33)57-44(47)35-13-17-39(18-14-35)54-24-8-6-22-52-28-26-50-4-2/h9-20,31,33,36,41H,3-8,21-30,32H2,1-2H3. The minimum Gasteiger partial charge on any atom is -0.494 e. The molecule has 3 unspecified atom stereocenters. The van der Waals surface area contributed by atoms with E-state index in [2.05, 4.69) is 12.2 Å². The Balaban J connectivity index is 1.13. The van der Waals surface area contributed by atoms with E-state index in [4.69, 9.17) is 42.6 Å². The second-order valence-corrected chi connectivity index (χ2v) is 13.8. The summed E-state index contributed by atoms with van der Waals surface area (Å²) in [4.78, 5) is 39.5. The molecule has 3 atom stereocenters. The highest BCUT2D eigenvalue weighted by molar-refractivity contribution is 5.92. The fourth-order valence-corrected chi connectivity index (χ4v) is 6.56. The van der Waals surface area contributed by atoms with Gasteiger partial charge in [-0.2, -0.15) is 0 Å². The van der Waals surface area contributed by atoms with Crippen molar-refractivity contribution >= 4 is 17.9 Å². The largest absolute Gasteiger partial charge is 0.494 e. The molecule has 12 nitrogen and oxygen atoms in total. The zero-order chi connectivity index (χ0) is 40.1. The number of benzene rings is 3. The lowest BCUT2D eigenvalue weighted by Gasteiger charge is -2.18. The molecule has 0 spiro atoms. The van der Waals surface area contributed by atoms with E-state index in [1.165, 1.54) is 12.1 Å². The molecule has 2 bridgehead atoms. The van der Waals surface area contributed by atoms with Crippen LogP contribution in [0.15, 0.2) is 78.9 Å².